The second kappa shape index (κ2) is 6.11. The standard InChI is InChI=1S/C16H13IN2OS/c1-19(16(20)11-5-4-6-12(17)9-11)10-15-18-13-7-2-3-8-14(13)21-15/h2-9H,10H2,1H3. The van der Waals surface area contributed by atoms with E-state index >= 15 is 0 Å². The molecule has 3 rings (SSSR count). The number of halogens is 1. The van der Waals surface area contributed by atoms with E-state index < -0.39 is 0 Å². The van der Waals surface area contributed by atoms with Crippen LogP contribution in [0.25, 0.3) is 10.2 Å². The van der Waals surface area contributed by atoms with E-state index in [0.29, 0.717) is 12.1 Å². The molecule has 0 bridgehead atoms. The fourth-order valence-corrected chi connectivity index (χ4v) is 3.67. The van der Waals surface area contributed by atoms with Crippen LogP contribution in [-0.4, -0.2) is 22.8 Å². The van der Waals surface area contributed by atoms with Crippen LogP contribution < -0.4 is 0 Å². The molecule has 0 atom stereocenters. The first-order valence-corrected chi connectivity index (χ1v) is 8.38. The number of hydrogen-bond acceptors (Lipinski definition) is 3. The van der Waals surface area contributed by atoms with E-state index in [4.69, 9.17) is 0 Å². The maximum absolute atomic E-state index is 12.4. The molecule has 1 amide bonds. The van der Waals surface area contributed by atoms with Crippen LogP contribution in [0, 0.1) is 3.57 Å². The van der Waals surface area contributed by atoms with Gasteiger partial charge in [-0.05, 0) is 52.9 Å². The fourth-order valence-electron chi connectivity index (χ4n) is 2.10. The van der Waals surface area contributed by atoms with Gasteiger partial charge in [-0.15, -0.1) is 11.3 Å². The van der Waals surface area contributed by atoms with Crippen molar-refractivity contribution in [1.29, 1.82) is 0 Å². The lowest BCUT2D eigenvalue weighted by Gasteiger charge is -2.15. The molecule has 5 heteroatoms. The fraction of sp³-hybridized carbons (Fsp3) is 0.125. The first kappa shape index (κ1) is 14.5. The van der Waals surface area contributed by atoms with E-state index in [-0.39, 0.29) is 5.91 Å². The van der Waals surface area contributed by atoms with Crippen LogP contribution >= 0.6 is 33.9 Å². The summed E-state index contributed by atoms with van der Waals surface area (Å²) in [5.74, 6) is 0.0211. The van der Waals surface area contributed by atoms with Gasteiger partial charge < -0.3 is 4.90 Å². The van der Waals surface area contributed by atoms with E-state index in [2.05, 4.69) is 33.6 Å². The van der Waals surface area contributed by atoms with Gasteiger partial charge in [0.2, 0.25) is 0 Å². The molecule has 2 aromatic carbocycles. The average Bonchev–Trinajstić information content (AvgIpc) is 2.88. The van der Waals surface area contributed by atoms with Crippen LogP contribution in [0.1, 0.15) is 15.4 Å². The average molecular weight is 408 g/mol. The largest absolute Gasteiger partial charge is 0.335 e. The highest BCUT2D eigenvalue weighted by Gasteiger charge is 2.14. The quantitative estimate of drug-likeness (QED) is 0.610. The Morgan fingerprint density at radius 1 is 1.24 bits per heavy atom. The molecular formula is C16H13IN2OS. The van der Waals surface area contributed by atoms with Crippen molar-refractivity contribution in [3.8, 4) is 0 Å². The molecule has 3 aromatic rings. The molecule has 0 radical (unpaired) electrons. The minimum absolute atomic E-state index is 0.0211. The van der Waals surface area contributed by atoms with Crippen molar-refractivity contribution in [1.82, 2.24) is 9.88 Å². The first-order valence-electron chi connectivity index (χ1n) is 6.49. The first-order chi connectivity index (χ1) is 10.1. The Bertz CT molecular complexity index is 767. The van der Waals surface area contributed by atoms with Gasteiger partial charge in [0.1, 0.15) is 5.01 Å². The van der Waals surface area contributed by atoms with Crippen LogP contribution in [-0.2, 0) is 6.54 Å². The van der Waals surface area contributed by atoms with Crippen molar-refractivity contribution in [3.63, 3.8) is 0 Å². The van der Waals surface area contributed by atoms with Gasteiger partial charge in [0.05, 0.1) is 16.8 Å². The van der Waals surface area contributed by atoms with E-state index in [1.165, 1.54) is 0 Å². The molecule has 106 valence electrons. The summed E-state index contributed by atoms with van der Waals surface area (Å²) in [4.78, 5) is 18.7. The third-order valence-corrected chi connectivity index (χ3v) is 4.82. The number of carbonyl (C=O) groups is 1. The molecule has 0 aliphatic carbocycles. The van der Waals surface area contributed by atoms with Crippen molar-refractivity contribution in [2.24, 2.45) is 0 Å². The molecule has 1 aromatic heterocycles. The van der Waals surface area contributed by atoms with Crippen molar-refractivity contribution in [2.75, 3.05) is 7.05 Å². The molecule has 0 unspecified atom stereocenters. The summed E-state index contributed by atoms with van der Waals surface area (Å²) in [6.45, 7) is 0.531. The highest BCUT2D eigenvalue weighted by Crippen LogP contribution is 2.22. The van der Waals surface area contributed by atoms with Gasteiger partial charge >= 0.3 is 0 Å². The third kappa shape index (κ3) is 3.24. The van der Waals surface area contributed by atoms with Crippen LogP contribution in [0.2, 0.25) is 0 Å². The minimum Gasteiger partial charge on any atom is -0.335 e. The highest BCUT2D eigenvalue weighted by molar-refractivity contribution is 14.1. The molecule has 0 fully saturated rings. The van der Waals surface area contributed by atoms with E-state index in [0.717, 1.165) is 18.8 Å². The molecule has 0 aliphatic heterocycles. The summed E-state index contributed by atoms with van der Waals surface area (Å²) in [5, 5.41) is 0.956. The van der Waals surface area contributed by atoms with Crippen LogP contribution in [0.15, 0.2) is 48.5 Å². The summed E-state index contributed by atoms with van der Waals surface area (Å²) >= 11 is 3.85. The molecule has 0 N–H and O–H groups in total. The summed E-state index contributed by atoms with van der Waals surface area (Å²) in [7, 11) is 1.81. The third-order valence-electron chi connectivity index (χ3n) is 3.13. The number of carbonyl (C=O) groups excluding carboxylic acids is 1. The van der Waals surface area contributed by atoms with Crippen molar-refractivity contribution < 1.29 is 4.79 Å². The zero-order chi connectivity index (χ0) is 14.8. The Labute approximate surface area is 140 Å². The number of hydrogen-bond donors (Lipinski definition) is 0. The Morgan fingerprint density at radius 3 is 2.81 bits per heavy atom. The predicted molar refractivity (Wildman–Crippen MR) is 94.6 cm³/mol. The molecule has 3 nitrogen and oxygen atoms in total. The second-order valence-electron chi connectivity index (χ2n) is 4.75. The number of rotatable bonds is 3. The van der Waals surface area contributed by atoms with E-state index in [1.54, 1.807) is 16.2 Å². The van der Waals surface area contributed by atoms with Crippen molar-refractivity contribution in [2.45, 2.75) is 6.54 Å². The number of benzene rings is 2. The minimum atomic E-state index is 0.0211. The second-order valence-corrected chi connectivity index (χ2v) is 7.11. The number of aromatic nitrogens is 1. The number of para-hydroxylation sites is 1. The lowest BCUT2D eigenvalue weighted by molar-refractivity contribution is 0.0785. The number of fused-ring (bicyclic) bond motifs is 1. The SMILES string of the molecule is CN(Cc1nc2ccccc2s1)C(=O)c1cccc(I)c1. The lowest BCUT2D eigenvalue weighted by Crippen LogP contribution is -2.26. The Kier molecular flexibility index (Phi) is 4.21. The number of nitrogens with zero attached hydrogens (tertiary/aromatic N) is 2. The smallest absolute Gasteiger partial charge is 0.254 e. The van der Waals surface area contributed by atoms with Gasteiger partial charge in [-0.2, -0.15) is 0 Å². The number of amides is 1. The Hall–Kier alpha value is -1.47. The van der Waals surface area contributed by atoms with Crippen LogP contribution in [0.5, 0.6) is 0 Å². The summed E-state index contributed by atoms with van der Waals surface area (Å²) in [6.07, 6.45) is 0. The Balaban J connectivity index is 1.79. The van der Waals surface area contributed by atoms with Crippen molar-refractivity contribution in [3.05, 3.63) is 62.7 Å². The monoisotopic (exact) mass is 408 g/mol. The van der Waals surface area contributed by atoms with Crippen LogP contribution in [0.4, 0.5) is 0 Å². The van der Waals surface area contributed by atoms with Gasteiger partial charge in [0, 0.05) is 16.2 Å². The topological polar surface area (TPSA) is 33.2 Å². The van der Waals surface area contributed by atoms with Crippen LogP contribution in [0.3, 0.4) is 0 Å². The number of thiazole rings is 1. The van der Waals surface area contributed by atoms with Gasteiger partial charge in [-0.3, -0.25) is 4.79 Å². The summed E-state index contributed by atoms with van der Waals surface area (Å²) < 4.78 is 2.22. The van der Waals surface area contributed by atoms with Gasteiger partial charge in [0.15, 0.2) is 0 Å². The molecular weight excluding hydrogens is 395 g/mol. The predicted octanol–water partition coefficient (Wildman–Crippen LogP) is 4.17. The molecule has 0 saturated carbocycles. The van der Waals surface area contributed by atoms with E-state index in [1.807, 2.05) is 49.5 Å². The molecule has 0 spiro atoms. The van der Waals surface area contributed by atoms with Crippen molar-refractivity contribution >= 4 is 50.1 Å². The lowest BCUT2D eigenvalue weighted by atomic mass is 10.2. The summed E-state index contributed by atoms with van der Waals surface area (Å²) in [5.41, 5.74) is 1.71. The normalized spacial score (nSPS) is 10.8. The molecule has 0 saturated heterocycles. The summed E-state index contributed by atoms with van der Waals surface area (Å²) in [6, 6.07) is 15.7. The maximum atomic E-state index is 12.4. The zero-order valence-corrected chi connectivity index (χ0v) is 14.4. The highest BCUT2D eigenvalue weighted by atomic mass is 127. The molecule has 1 heterocycles. The van der Waals surface area contributed by atoms with Gasteiger partial charge in [-0.25, -0.2) is 4.98 Å². The van der Waals surface area contributed by atoms with E-state index in [9.17, 15) is 4.79 Å². The zero-order valence-electron chi connectivity index (χ0n) is 11.4. The Morgan fingerprint density at radius 2 is 2.05 bits per heavy atom. The molecule has 0 aliphatic rings. The molecule has 21 heavy (non-hydrogen) atoms. The maximum Gasteiger partial charge on any atom is 0.254 e. The van der Waals surface area contributed by atoms with Gasteiger partial charge in [-0.1, -0.05) is 18.2 Å². The van der Waals surface area contributed by atoms with Gasteiger partial charge in [0.25, 0.3) is 5.91 Å².